The van der Waals surface area contributed by atoms with Crippen LogP contribution in [0.1, 0.15) is 44.0 Å². The Balaban J connectivity index is 2.92. The molecule has 1 aromatic rings. The number of nitrogens with two attached hydrogens (primary N) is 1. The van der Waals surface area contributed by atoms with Gasteiger partial charge in [-0.1, -0.05) is 13.3 Å². The van der Waals surface area contributed by atoms with Crippen LogP contribution in [0.2, 0.25) is 0 Å². The van der Waals surface area contributed by atoms with E-state index in [1.165, 1.54) is 0 Å². The first kappa shape index (κ1) is 14.4. The number of anilines is 1. The lowest BCUT2D eigenvalue weighted by atomic mass is 9.98. The van der Waals surface area contributed by atoms with Gasteiger partial charge in [0.2, 0.25) is 0 Å². The highest BCUT2D eigenvalue weighted by Crippen LogP contribution is 2.18. The molecule has 18 heavy (non-hydrogen) atoms. The van der Waals surface area contributed by atoms with Gasteiger partial charge in [0.25, 0.3) is 5.91 Å². The molecule has 1 rings (SSSR count). The summed E-state index contributed by atoms with van der Waals surface area (Å²) in [5.41, 5.74) is 4.09. The van der Waals surface area contributed by atoms with Crippen molar-refractivity contribution >= 4 is 11.6 Å². The molecule has 0 spiro atoms. The van der Waals surface area contributed by atoms with Crippen LogP contribution in [-0.2, 0) is 0 Å². The molecule has 5 heteroatoms. The van der Waals surface area contributed by atoms with Gasteiger partial charge in [0.1, 0.15) is 17.3 Å². The highest BCUT2D eigenvalue weighted by molar-refractivity contribution is 5.95. The third kappa shape index (κ3) is 3.42. The van der Waals surface area contributed by atoms with Crippen LogP contribution in [0.5, 0.6) is 0 Å². The molecule has 0 aliphatic rings. The summed E-state index contributed by atoms with van der Waals surface area (Å²) in [4.78, 5) is 11.9. The van der Waals surface area contributed by atoms with E-state index in [1.807, 2.05) is 20.8 Å². The summed E-state index contributed by atoms with van der Waals surface area (Å²) in [6, 6.07) is 1.88. The lowest BCUT2D eigenvalue weighted by molar-refractivity contribution is 0.0908. The zero-order chi connectivity index (χ0) is 13.9. The second kappa shape index (κ2) is 5.33. The zero-order valence-corrected chi connectivity index (χ0v) is 10.8. The molecular formula is C13H18F2N2O. The molecule has 1 amide bonds. The predicted octanol–water partition coefficient (Wildman–Crippen LogP) is 2.86. The molecule has 0 saturated carbocycles. The van der Waals surface area contributed by atoms with E-state index in [-0.39, 0.29) is 5.56 Å². The van der Waals surface area contributed by atoms with Crippen molar-refractivity contribution < 1.29 is 13.6 Å². The van der Waals surface area contributed by atoms with Gasteiger partial charge in [0.15, 0.2) is 0 Å². The summed E-state index contributed by atoms with van der Waals surface area (Å²) in [6.45, 7) is 5.72. The summed E-state index contributed by atoms with van der Waals surface area (Å²) in [5.74, 6) is -2.35. The third-order valence-electron chi connectivity index (χ3n) is 2.67. The minimum atomic E-state index is -0.923. The van der Waals surface area contributed by atoms with Gasteiger partial charge in [-0.2, -0.15) is 0 Å². The predicted molar refractivity (Wildman–Crippen MR) is 67.2 cm³/mol. The normalized spacial score (nSPS) is 11.4. The number of nitrogens with one attached hydrogen (secondary N) is 1. The Morgan fingerprint density at radius 3 is 2.28 bits per heavy atom. The third-order valence-corrected chi connectivity index (χ3v) is 2.67. The van der Waals surface area contributed by atoms with Crippen LogP contribution < -0.4 is 11.1 Å². The maximum atomic E-state index is 13.2. The van der Waals surface area contributed by atoms with E-state index in [9.17, 15) is 13.6 Å². The van der Waals surface area contributed by atoms with Crippen LogP contribution >= 0.6 is 0 Å². The van der Waals surface area contributed by atoms with Crippen LogP contribution in [0.15, 0.2) is 12.1 Å². The zero-order valence-electron chi connectivity index (χ0n) is 10.8. The van der Waals surface area contributed by atoms with Gasteiger partial charge < -0.3 is 11.1 Å². The number of benzene rings is 1. The maximum Gasteiger partial charge on any atom is 0.251 e. The standard InChI is InChI=1S/C13H18F2N2O/c1-4-5-13(2,3)17-12(18)8-6-9(14)11(16)10(15)7-8/h6-7H,4-5,16H2,1-3H3,(H,17,18). The van der Waals surface area contributed by atoms with Crippen molar-refractivity contribution in [3.05, 3.63) is 29.3 Å². The second-order valence-electron chi connectivity index (χ2n) is 4.94. The van der Waals surface area contributed by atoms with Crippen LogP contribution in [-0.4, -0.2) is 11.4 Å². The fraction of sp³-hybridized carbons (Fsp3) is 0.462. The van der Waals surface area contributed by atoms with E-state index in [0.29, 0.717) is 0 Å². The monoisotopic (exact) mass is 256 g/mol. The molecule has 3 N–H and O–H groups in total. The van der Waals surface area contributed by atoms with E-state index in [0.717, 1.165) is 25.0 Å². The molecule has 0 fully saturated rings. The number of halogens is 2. The van der Waals surface area contributed by atoms with Gasteiger partial charge in [-0.15, -0.1) is 0 Å². The lowest BCUT2D eigenvalue weighted by Crippen LogP contribution is -2.43. The first-order valence-electron chi connectivity index (χ1n) is 5.84. The van der Waals surface area contributed by atoms with Gasteiger partial charge in [0.05, 0.1) is 0 Å². The molecule has 0 aliphatic heterocycles. The number of rotatable bonds is 4. The van der Waals surface area contributed by atoms with Gasteiger partial charge in [-0.25, -0.2) is 8.78 Å². The highest BCUT2D eigenvalue weighted by Gasteiger charge is 2.21. The highest BCUT2D eigenvalue weighted by atomic mass is 19.1. The lowest BCUT2D eigenvalue weighted by Gasteiger charge is -2.25. The summed E-state index contributed by atoms with van der Waals surface area (Å²) in [6.07, 6.45) is 1.68. The Morgan fingerprint density at radius 1 is 1.33 bits per heavy atom. The van der Waals surface area contributed by atoms with E-state index in [2.05, 4.69) is 5.32 Å². The largest absolute Gasteiger partial charge is 0.394 e. The molecule has 0 aromatic heterocycles. The average molecular weight is 256 g/mol. The van der Waals surface area contributed by atoms with Gasteiger partial charge in [-0.05, 0) is 32.4 Å². The molecule has 0 heterocycles. The molecule has 0 radical (unpaired) electrons. The number of hydrogen-bond donors (Lipinski definition) is 2. The van der Waals surface area contributed by atoms with Crippen LogP contribution in [0, 0.1) is 11.6 Å². The molecule has 0 atom stereocenters. The van der Waals surface area contributed by atoms with Crippen molar-refractivity contribution in [2.45, 2.75) is 39.2 Å². The summed E-state index contributed by atoms with van der Waals surface area (Å²) >= 11 is 0. The van der Waals surface area contributed by atoms with Gasteiger partial charge in [0, 0.05) is 11.1 Å². The van der Waals surface area contributed by atoms with E-state index < -0.39 is 28.8 Å². The van der Waals surface area contributed by atoms with Crippen molar-refractivity contribution in [2.24, 2.45) is 0 Å². The first-order chi connectivity index (χ1) is 8.26. The fourth-order valence-electron chi connectivity index (χ4n) is 1.78. The van der Waals surface area contributed by atoms with E-state index in [4.69, 9.17) is 5.73 Å². The molecule has 0 saturated heterocycles. The fourth-order valence-corrected chi connectivity index (χ4v) is 1.78. The average Bonchev–Trinajstić information content (AvgIpc) is 2.24. The SMILES string of the molecule is CCCC(C)(C)NC(=O)c1cc(F)c(N)c(F)c1. The Labute approximate surface area is 105 Å². The summed E-state index contributed by atoms with van der Waals surface area (Å²) in [7, 11) is 0. The summed E-state index contributed by atoms with van der Waals surface area (Å²) < 4.78 is 26.5. The number of nitrogen functional groups attached to an aromatic ring is 1. The number of amides is 1. The van der Waals surface area contributed by atoms with Crippen LogP contribution in [0.4, 0.5) is 14.5 Å². The van der Waals surface area contributed by atoms with Crippen molar-refractivity contribution in [3.63, 3.8) is 0 Å². The molecular weight excluding hydrogens is 238 g/mol. The van der Waals surface area contributed by atoms with Crippen molar-refractivity contribution in [2.75, 3.05) is 5.73 Å². The minimum Gasteiger partial charge on any atom is -0.394 e. The molecule has 1 aromatic carbocycles. The van der Waals surface area contributed by atoms with E-state index in [1.54, 1.807) is 0 Å². The van der Waals surface area contributed by atoms with Crippen molar-refractivity contribution in [1.29, 1.82) is 0 Å². The quantitative estimate of drug-likeness (QED) is 0.814. The molecule has 0 aliphatic carbocycles. The van der Waals surface area contributed by atoms with E-state index >= 15 is 0 Å². The smallest absolute Gasteiger partial charge is 0.251 e. The van der Waals surface area contributed by atoms with Crippen LogP contribution in [0.25, 0.3) is 0 Å². The number of hydrogen-bond acceptors (Lipinski definition) is 2. The Bertz CT molecular complexity index is 435. The molecule has 0 bridgehead atoms. The van der Waals surface area contributed by atoms with Crippen molar-refractivity contribution in [1.82, 2.24) is 5.32 Å². The number of carbonyl (C=O) groups excluding carboxylic acids is 1. The summed E-state index contributed by atoms with van der Waals surface area (Å²) in [5, 5.41) is 2.73. The Kier molecular flexibility index (Phi) is 4.27. The van der Waals surface area contributed by atoms with Crippen LogP contribution in [0.3, 0.4) is 0 Å². The Hall–Kier alpha value is -1.65. The first-order valence-corrected chi connectivity index (χ1v) is 5.84. The maximum absolute atomic E-state index is 13.2. The van der Waals surface area contributed by atoms with Gasteiger partial charge >= 0.3 is 0 Å². The molecule has 0 unspecified atom stereocenters. The molecule has 100 valence electrons. The topological polar surface area (TPSA) is 55.1 Å². The second-order valence-corrected chi connectivity index (χ2v) is 4.94. The molecule has 3 nitrogen and oxygen atoms in total. The minimum absolute atomic E-state index is 0.0663. The Morgan fingerprint density at radius 2 is 1.83 bits per heavy atom. The van der Waals surface area contributed by atoms with Crippen molar-refractivity contribution in [3.8, 4) is 0 Å². The van der Waals surface area contributed by atoms with Gasteiger partial charge in [-0.3, -0.25) is 4.79 Å². The number of carbonyl (C=O) groups is 1.